The van der Waals surface area contributed by atoms with Crippen LogP contribution in [0.4, 0.5) is 5.69 Å². The molecule has 0 aliphatic heterocycles. The van der Waals surface area contributed by atoms with E-state index < -0.39 is 0 Å². The highest BCUT2D eigenvalue weighted by Gasteiger charge is 2.16. The Morgan fingerprint density at radius 1 is 0.969 bits per heavy atom. The first kappa shape index (κ1) is 21.8. The first-order chi connectivity index (χ1) is 15.5. The summed E-state index contributed by atoms with van der Waals surface area (Å²) in [5.74, 6) is 0.603. The molecule has 0 aliphatic rings. The first-order valence-corrected chi connectivity index (χ1v) is 11.2. The Morgan fingerprint density at radius 2 is 1.72 bits per heavy atom. The number of hydrogen-bond acceptors (Lipinski definition) is 3. The molecule has 5 nitrogen and oxygen atoms in total. The normalized spacial score (nSPS) is 10.7. The fourth-order valence-electron chi connectivity index (χ4n) is 3.50. The highest BCUT2D eigenvalue weighted by atomic mass is 79.9. The largest absolute Gasteiger partial charge is 0.489 e. The van der Waals surface area contributed by atoms with Crippen LogP contribution in [-0.4, -0.2) is 15.7 Å². The fraction of sp³-hybridized carbons (Fsp3) is 0.154. The lowest BCUT2D eigenvalue weighted by Gasteiger charge is -2.10. The number of benzene rings is 3. The van der Waals surface area contributed by atoms with Gasteiger partial charge < -0.3 is 10.1 Å². The van der Waals surface area contributed by atoms with Crippen LogP contribution in [0.2, 0.25) is 0 Å². The molecule has 1 amide bonds. The zero-order valence-corrected chi connectivity index (χ0v) is 19.6. The Labute approximate surface area is 196 Å². The number of rotatable bonds is 7. The van der Waals surface area contributed by atoms with Crippen LogP contribution in [0.3, 0.4) is 0 Å². The summed E-state index contributed by atoms with van der Waals surface area (Å²) in [5.41, 5.74) is 5.13. The van der Waals surface area contributed by atoms with Crippen LogP contribution in [-0.2, 0) is 13.2 Å². The van der Waals surface area contributed by atoms with Gasteiger partial charge in [0.15, 0.2) is 0 Å². The van der Waals surface area contributed by atoms with Crippen molar-refractivity contribution in [3.8, 4) is 5.75 Å². The molecule has 0 aliphatic carbocycles. The van der Waals surface area contributed by atoms with Gasteiger partial charge in [-0.25, -0.2) is 0 Å². The molecule has 4 aromatic rings. The van der Waals surface area contributed by atoms with E-state index in [-0.39, 0.29) is 5.91 Å². The molecule has 3 aromatic carbocycles. The van der Waals surface area contributed by atoms with Gasteiger partial charge in [0.25, 0.3) is 5.91 Å². The number of carbonyl (C=O) groups is 1. The summed E-state index contributed by atoms with van der Waals surface area (Å²) < 4.78 is 8.73. The van der Waals surface area contributed by atoms with Crippen molar-refractivity contribution in [3.63, 3.8) is 0 Å². The van der Waals surface area contributed by atoms with E-state index in [1.807, 2.05) is 79.2 Å². The molecule has 1 N–H and O–H groups in total. The second-order valence-corrected chi connectivity index (χ2v) is 8.51. The van der Waals surface area contributed by atoms with Gasteiger partial charge in [0.1, 0.15) is 12.4 Å². The Kier molecular flexibility index (Phi) is 6.71. The molecule has 0 saturated carbocycles. The van der Waals surface area contributed by atoms with Gasteiger partial charge in [0.05, 0.1) is 23.6 Å². The van der Waals surface area contributed by atoms with Crippen molar-refractivity contribution in [2.24, 2.45) is 0 Å². The molecule has 0 spiro atoms. The van der Waals surface area contributed by atoms with Gasteiger partial charge in [-0.05, 0) is 55.3 Å². The second-order valence-electron chi connectivity index (χ2n) is 7.59. The molecule has 6 heteroatoms. The number of nitrogens with zero attached hydrogens (tertiary/aromatic N) is 2. The number of aromatic nitrogens is 2. The first-order valence-electron chi connectivity index (χ1n) is 10.4. The molecule has 1 heterocycles. The van der Waals surface area contributed by atoms with Crippen LogP contribution in [0.15, 0.2) is 83.3 Å². The number of nitrogens with one attached hydrogen (secondary N) is 1. The molecule has 0 radical (unpaired) electrons. The predicted molar refractivity (Wildman–Crippen MR) is 130 cm³/mol. The van der Waals surface area contributed by atoms with E-state index in [9.17, 15) is 4.79 Å². The van der Waals surface area contributed by atoms with E-state index in [1.165, 1.54) is 0 Å². The SMILES string of the molecule is Cc1nn(Cc2ccccc2)c(C)c1NC(=O)c1cccc(COc2cccc(Br)c2)c1. The summed E-state index contributed by atoms with van der Waals surface area (Å²) in [6.07, 6.45) is 0. The number of carbonyl (C=O) groups excluding carboxylic acids is 1. The third kappa shape index (κ3) is 5.26. The van der Waals surface area contributed by atoms with E-state index in [4.69, 9.17) is 4.74 Å². The van der Waals surface area contributed by atoms with Crippen molar-refractivity contribution in [1.29, 1.82) is 0 Å². The number of hydrogen-bond donors (Lipinski definition) is 1. The van der Waals surface area contributed by atoms with Crippen molar-refractivity contribution < 1.29 is 9.53 Å². The van der Waals surface area contributed by atoms with Crippen LogP contribution < -0.4 is 10.1 Å². The van der Waals surface area contributed by atoms with E-state index in [0.717, 1.165) is 38.4 Å². The van der Waals surface area contributed by atoms with Crippen LogP contribution >= 0.6 is 15.9 Å². The molecule has 0 bridgehead atoms. The smallest absolute Gasteiger partial charge is 0.255 e. The maximum atomic E-state index is 13.0. The van der Waals surface area contributed by atoms with Gasteiger partial charge in [-0.3, -0.25) is 9.48 Å². The zero-order chi connectivity index (χ0) is 22.5. The van der Waals surface area contributed by atoms with Crippen molar-refractivity contribution in [2.45, 2.75) is 27.0 Å². The molecular weight excluding hydrogens is 466 g/mol. The Hall–Kier alpha value is -3.38. The van der Waals surface area contributed by atoms with E-state index in [0.29, 0.717) is 18.7 Å². The molecule has 0 unspecified atom stereocenters. The quantitative estimate of drug-likeness (QED) is 0.339. The minimum atomic E-state index is -0.167. The monoisotopic (exact) mass is 489 g/mol. The number of anilines is 1. The van der Waals surface area contributed by atoms with Gasteiger partial charge >= 0.3 is 0 Å². The summed E-state index contributed by atoms with van der Waals surface area (Å²) in [7, 11) is 0. The minimum Gasteiger partial charge on any atom is -0.489 e. The van der Waals surface area contributed by atoms with E-state index in [1.54, 1.807) is 6.07 Å². The summed E-state index contributed by atoms with van der Waals surface area (Å²) in [4.78, 5) is 13.0. The molecule has 1 aromatic heterocycles. The summed E-state index contributed by atoms with van der Waals surface area (Å²) in [5, 5.41) is 7.66. The molecule has 32 heavy (non-hydrogen) atoms. The van der Waals surface area contributed by atoms with Crippen molar-refractivity contribution in [2.75, 3.05) is 5.32 Å². The topological polar surface area (TPSA) is 56.2 Å². The Balaban J connectivity index is 1.45. The molecule has 4 rings (SSSR count). The van der Waals surface area contributed by atoms with Crippen molar-refractivity contribution >= 4 is 27.5 Å². The van der Waals surface area contributed by atoms with E-state index in [2.05, 4.69) is 38.5 Å². The van der Waals surface area contributed by atoms with Gasteiger partial charge in [-0.1, -0.05) is 64.5 Å². The van der Waals surface area contributed by atoms with Crippen molar-refractivity contribution in [1.82, 2.24) is 9.78 Å². The number of halogens is 1. The van der Waals surface area contributed by atoms with Crippen LogP contribution in [0.1, 0.15) is 32.9 Å². The van der Waals surface area contributed by atoms with E-state index >= 15 is 0 Å². The highest BCUT2D eigenvalue weighted by Crippen LogP contribution is 2.22. The predicted octanol–water partition coefficient (Wildman–Crippen LogP) is 6.14. The standard InChI is InChI=1S/C26H24BrN3O2/c1-18-25(19(2)30(29-18)16-20-8-4-3-5-9-20)28-26(31)22-11-6-10-21(14-22)17-32-24-13-7-12-23(27)15-24/h3-15H,16-17H2,1-2H3,(H,28,31). The Bertz CT molecular complexity index is 1240. The molecule has 0 fully saturated rings. The average molecular weight is 490 g/mol. The number of ether oxygens (including phenoxy) is 1. The third-order valence-electron chi connectivity index (χ3n) is 5.19. The molecular formula is C26H24BrN3O2. The van der Waals surface area contributed by atoms with Gasteiger partial charge in [-0.15, -0.1) is 0 Å². The van der Waals surface area contributed by atoms with Crippen LogP contribution in [0, 0.1) is 13.8 Å². The molecule has 162 valence electrons. The lowest BCUT2D eigenvalue weighted by Crippen LogP contribution is -2.14. The maximum absolute atomic E-state index is 13.0. The third-order valence-corrected chi connectivity index (χ3v) is 5.68. The number of amides is 1. The lowest BCUT2D eigenvalue weighted by molar-refractivity contribution is 0.102. The Morgan fingerprint density at radius 3 is 2.50 bits per heavy atom. The minimum absolute atomic E-state index is 0.167. The van der Waals surface area contributed by atoms with Gasteiger partial charge in [0.2, 0.25) is 0 Å². The average Bonchev–Trinajstić information content (AvgIpc) is 3.06. The van der Waals surface area contributed by atoms with Crippen LogP contribution in [0.25, 0.3) is 0 Å². The zero-order valence-electron chi connectivity index (χ0n) is 18.0. The molecule has 0 saturated heterocycles. The van der Waals surface area contributed by atoms with Crippen molar-refractivity contribution in [3.05, 3.63) is 111 Å². The van der Waals surface area contributed by atoms with Gasteiger partial charge in [-0.2, -0.15) is 5.10 Å². The second kappa shape index (κ2) is 9.83. The summed E-state index contributed by atoms with van der Waals surface area (Å²) in [6, 6.07) is 25.3. The summed E-state index contributed by atoms with van der Waals surface area (Å²) >= 11 is 3.44. The fourth-order valence-corrected chi connectivity index (χ4v) is 3.88. The summed E-state index contributed by atoms with van der Waals surface area (Å²) in [6.45, 7) is 4.92. The lowest BCUT2D eigenvalue weighted by atomic mass is 10.1. The van der Waals surface area contributed by atoms with Crippen LogP contribution in [0.5, 0.6) is 5.75 Å². The number of aryl methyl sites for hydroxylation is 1. The maximum Gasteiger partial charge on any atom is 0.255 e. The molecule has 0 atom stereocenters. The highest BCUT2D eigenvalue weighted by molar-refractivity contribution is 9.10. The van der Waals surface area contributed by atoms with Gasteiger partial charge in [0, 0.05) is 10.0 Å².